The van der Waals surface area contributed by atoms with Crippen molar-refractivity contribution in [2.24, 2.45) is 0 Å². The fraction of sp³-hybridized carbons (Fsp3) is 0.179. The summed E-state index contributed by atoms with van der Waals surface area (Å²) in [5.41, 5.74) is 3.84. The van der Waals surface area contributed by atoms with Crippen molar-refractivity contribution in [1.29, 1.82) is 0 Å². The van der Waals surface area contributed by atoms with Gasteiger partial charge in [-0.15, -0.1) is 0 Å². The first-order chi connectivity index (χ1) is 23.2. The van der Waals surface area contributed by atoms with Crippen LogP contribution < -0.4 is 14.4 Å². The van der Waals surface area contributed by atoms with Crippen LogP contribution in [0.3, 0.4) is 0 Å². The molecule has 0 saturated heterocycles. The van der Waals surface area contributed by atoms with Gasteiger partial charge in [-0.2, -0.15) is 0 Å². The smallest absolute Gasteiger partial charge is 0.264 e. The van der Waals surface area contributed by atoms with Crippen LogP contribution in [0.5, 0.6) is 11.5 Å². The van der Waals surface area contributed by atoms with Crippen molar-refractivity contribution in [3.8, 4) is 11.5 Å². The van der Waals surface area contributed by atoms with Crippen LogP contribution >= 0.6 is 0 Å². The van der Waals surface area contributed by atoms with E-state index in [1.807, 2.05) is 98.8 Å². The average molecular weight is 662 g/mol. The molecule has 0 spiro atoms. The number of benzene rings is 5. The van der Waals surface area contributed by atoms with Gasteiger partial charge in [0.25, 0.3) is 10.0 Å². The first-order valence-corrected chi connectivity index (χ1v) is 17.1. The largest absolute Gasteiger partial charge is 0.457 e. The Bertz CT molecular complexity index is 1930. The molecular formula is C39H39N3O5S. The molecule has 0 unspecified atom stereocenters. The molecule has 2 amide bonds. The molecule has 0 aliphatic carbocycles. The highest BCUT2D eigenvalue weighted by Gasteiger charge is 2.34. The maximum absolute atomic E-state index is 14.6. The Morgan fingerprint density at radius 1 is 0.729 bits per heavy atom. The van der Waals surface area contributed by atoms with Gasteiger partial charge in [0.2, 0.25) is 11.8 Å². The van der Waals surface area contributed by atoms with E-state index in [2.05, 4.69) is 5.32 Å². The summed E-state index contributed by atoms with van der Waals surface area (Å²) in [6.07, 6.45) is 0.244. The summed E-state index contributed by atoms with van der Waals surface area (Å²) in [6.45, 7) is 3.39. The standard InChI is InChI=1S/C39H39N3O5S/c1-29-18-24-36(25-19-29)48(45,46)42(33-20-22-35(23-21-33)47-34-16-8-5-9-17-34)28-38(43)41(27-32-15-11-10-12-30(32)2)37(39(44)40-3)26-31-13-6-4-7-14-31/h4-25,37H,26-28H2,1-3H3,(H,40,44)/t37-/m0/s1. The minimum Gasteiger partial charge on any atom is -0.457 e. The van der Waals surface area contributed by atoms with Crippen LogP contribution in [-0.4, -0.2) is 44.8 Å². The minimum atomic E-state index is -4.22. The lowest BCUT2D eigenvalue weighted by molar-refractivity contribution is -0.139. The second-order valence-corrected chi connectivity index (χ2v) is 13.4. The van der Waals surface area contributed by atoms with Gasteiger partial charge in [0.05, 0.1) is 10.6 Å². The molecule has 8 nitrogen and oxygen atoms in total. The van der Waals surface area contributed by atoms with Crippen LogP contribution in [0.25, 0.3) is 0 Å². The molecule has 0 aliphatic rings. The third-order valence-electron chi connectivity index (χ3n) is 8.11. The van der Waals surface area contributed by atoms with Crippen LogP contribution in [0.1, 0.15) is 22.3 Å². The molecule has 5 rings (SSSR count). The number of carbonyl (C=O) groups is 2. The molecule has 0 heterocycles. The van der Waals surface area contributed by atoms with Gasteiger partial charge in [-0.1, -0.05) is 90.5 Å². The Morgan fingerprint density at radius 2 is 1.31 bits per heavy atom. The summed E-state index contributed by atoms with van der Waals surface area (Å²) < 4.78 is 35.6. The van der Waals surface area contributed by atoms with Gasteiger partial charge in [-0.3, -0.25) is 13.9 Å². The lowest BCUT2D eigenvalue weighted by Gasteiger charge is -2.34. The van der Waals surface area contributed by atoms with Crippen molar-refractivity contribution in [2.45, 2.75) is 37.8 Å². The highest BCUT2D eigenvalue weighted by Crippen LogP contribution is 2.29. The zero-order chi connectivity index (χ0) is 34.1. The van der Waals surface area contributed by atoms with E-state index in [9.17, 15) is 18.0 Å². The minimum absolute atomic E-state index is 0.0445. The zero-order valence-electron chi connectivity index (χ0n) is 27.2. The number of rotatable bonds is 13. The van der Waals surface area contributed by atoms with E-state index in [1.165, 1.54) is 24.1 Å². The monoisotopic (exact) mass is 661 g/mol. The predicted molar refractivity (Wildman–Crippen MR) is 188 cm³/mol. The number of anilines is 1. The summed E-state index contributed by atoms with van der Waals surface area (Å²) in [7, 11) is -2.69. The molecule has 0 saturated carbocycles. The molecule has 0 aromatic heterocycles. The summed E-state index contributed by atoms with van der Waals surface area (Å²) in [6, 6.07) is 38.5. The van der Waals surface area contributed by atoms with Crippen molar-refractivity contribution in [3.63, 3.8) is 0 Å². The second kappa shape index (κ2) is 15.5. The molecule has 1 N–H and O–H groups in total. The van der Waals surface area contributed by atoms with Crippen molar-refractivity contribution in [3.05, 3.63) is 156 Å². The summed E-state index contributed by atoms with van der Waals surface area (Å²) in [5, 5.41) is 2.71. The third-order valence-corrected chi connectivity index (χ3v) is 9.90. The Labute approximate surface area is 282 Å². The second-order valence-electron chi connectivity index (χ2n) is 11.5. The Balaban J connectivity index is 1.55. The number of nitrogens with zero attached hydrogens (tertiary/aromatic N) is 2. The van der Waals surface area contributed by atoms with Crippen LogP contribution in [0, 0.1) is 13.8 Å². The molecular weight excluding hydrogens is 623 g/mol. The van der Waals surface area contributed by atoms with Crippen molar-refractivity contribution < 1.29 is 22.7 Å². The Hall–Kier alpha value is -5.41. The first kappa shape index (κ1) is 33.9. The molecule has 0 bridgehead atoms. The quantitative estimate of drug-likeness (QED) is 0.152. The molecule has 246 valence electrons. The fourth-order valence-electron chi connectivity index (χ4n) is 5.36. The Kier molecular flexibility index (Phi) is 10.9. The summed E-state index contributed by atoms with van der Waals surface area (Å²) >= 11 is 0. The van der Waals surface area contributed by atoms with Gasteiger partial charge >= 0.3 is 0 Å². The van der Waals surface area contributed by atoms with Crippen LogP contribution in [0.2, 0.25) is 0 Å². The average Bonchev–Trinajstić information content (AvgIpc) is 3.10. The van der Waals surface area contributed by atoms with E-state index in [-0.39, 0.29) is 29.5 Å². The van der Waals surface area contributed by atoms with Crippen LogP contribution in [0.4, 0.5) is 5.69 Å². The van der Waals surface area contributed by atoms with E-state index < -0.39 is 28.5 Å². The van der Waals surface area contributed by atoms with Crippen molar-refractivity contribution in [2.75, 3.05) is 17.9 Å². The van der Waals surface area contributed by atoms with Gasteiger partial charge in [-0.25, -0.2) is 8.42 Å². The molecule has 0 aliphatic heterocycles. The SMILES string of the molecule is CNC(=O)[C@H](Cc1ccccc1)N(Cc1ccccc1C)C(=O)CN(c1ccc(Oc2ccccc2)cc1)S(=O)(=O)c1ccc(C)cc1. The molecule has 48 heavy (non-hydrogen) atoms. The first-order valence-electron chi connectivity index (χ1n) is 15.7. The summed E-state index contributed by atoms with van der Waals surface area (Å²) in [4.78, 5) is 29.6. The molecule has 5 aromatic rings. The van der Waals surface area contributed by atoms with E-state index in [0.29, 0.717) is 11.5 Å². The number of ether oxygens (including phenoxy) is 1. The highest BCUT2D eigenvalue weighted by atomic mass is 32.2. The molecule has 1 atom stereocenters. The van der Waals surface area contributed by atoms with Gasteiger partial charge in [0.1, 0.15) is 24.1 Å². The zero-order valence-corrected chi connectivity index (χ0v) is 28.1. The van der Waals surface area contributed by atoms with Crippen molar-refractivity contribution >= 4 is 27.5 Å². The highest BCUT2D eigenvalue weighted by molar-refractivity contribution is 7.92. The number of carbonyl (C=O) groups excluding carboxylic acids is 2. The number of aryl methyl sites for hydroxylation is 2. The third kappa shape index (κ3) is 8.29. The van der Waals surface area contributed by atoms with Crippen LogP contribution in [-0.2, 0) is 32.6 Å². The van der Waals surface area contributed by atoms with Gasteiger partial charge in [-0.05, 0) is 79.1 Å². The molecule has 5 aromatic carbocycles. The van der Waals surface area contributed by atoms with E-state index in [1.54, 1.807) is 36.4 Å². The lowest BCUT2D eigenvalue weighted by Crippen LogP contribution is -2.53. The van der Waals surface area contributed by atoms with Crippen LogP contribution in [0.15, 0.2) is 138 Å². The lowest BCUT2D eigenvalue weighted by atomic mass is 10.0. The number of amides is 2. The van der Waals surface area contributed by atoms with Gasteiger partial charge in [0.15, 0.2) is 0 Å². The molecule has 0 radical (unpaired) electrons. The number of para-hydroxylation sites is 1. The van der Waals surface area contributed by atoms with Crippen molar-refractivity contribution in [1.82, 2.24) is 10.2 Å². The van der Waals surface area contributed by atoms with Gasteiger partial charge in [0, 0.05) is 20.0 Å². The fourth-order valence-corrected chi connectivity index (χ4v) is 6.78. The van der Waals surface area contributed by atoms with E-state index >= 15 is 0 Å². The maximum atomic E-state index is 14.6. The Morgan fingerprint density at radius 3 is 1.94 bits per heavy atom. The number of likely N-dealkylation sites (N-methyl/N-ethyl adjacent to an activating group) is 1. The predicted octanol–water partition coefficient (Wildman–Crippen LogP) is 6.68. The normalized spacial score (nSPS) is 11.7. The maximum Gasteiger partial charge on any atom is 0.264 e. The molecule has 9 heteroatoms. The summed E-state index contributed by atoms with van der Waals surface area (Å²) in [5.74, 6) is 0.266. The topological polar surface area (TPSA) is 96.0 Å². The van der Waals surface area contributed by atoms with E-state index in [0.717, 1.165) is 26.6 Å². The number of nitrogens with one attached hydrogen (secondary N) is 1. The molecule has 0 fully saturated rings. The number of hydrogen-bond donors (Lipinski definition) is 1. The van der Waals surface area contributed by atoms with E-state index in [4.69, 9.17) is 4.74 Å². The number of hydrogen-bond acceptors (Lipinski definition) is 5. The number of sulfonamides is 1. The van der Waals surface area contributed by atoms with Gasteiger partial charge < -0.3 is 15.0 Å².